The van der Waals surface area contributed by atoms with Crippen LogP contribution in [0.1, 0.15) is 37.6 Å². The third-order valence-corrected chi connectivity index (χ3v) is 3.73. The van der Waals surface area contributed by atoms with E-state index in [1.54, 1.807) is 0 Å². The van der Waals surface area contributed by atoms with Crippen molar-refractivity contribution in [1.82, 2.24) is 15.1 Å². The van der Waals surface area contributed by atoms with E-state index in [2.05, 4.69) is 75.2 Å². The number of hydrogen-bond donors (Lipinski definition) is 1. The van der Waals surface area contributed by atoms with E-state index in [1.807, 2.05) is 6.20 Å². The Labute approximate surface area is 123 Å². The Kier molecular flexibility index (Phi) is 5.16. The smallest absolute Gasteiger partial charge is 0.0522 e. The molecule has 0 radical (unpaired) electrons. The van der Waals surface area contributed by atoms with Gasteiger partial charge in [-0.1, -0.05) is 35.0 Å². The van der Waals surface area contributed by atoms with Crippen molar-refractivity contribution in [2.75, 3.05) is 0 Å². The summed E-state index contributed by atoms with van der Waals surface area (Å²) in [6.07, 6.45) is 2.98. The lowest BCUT2D eigenvalue weighted by atomic mass is 10.1. The molecule has 0 bridgehead atoms. The SMILES string of the molecule is CCCn1nccc1CN[C@H](C)c1ccc(Br)cc1. The summed E-state index contributed by atoms with van der Waals surface area (Å²) in [5.74, 6) is 0. The number of hydrogen-bond acceptors (Lipinski definition) is 2. The maximum atomic E-state index is 4.34. The molecule has 0 spiro atoms. The van der Waals surface area contributed by atoms with Crippen LogP contribution in [0.5, 0.6) is 0 Å². The van der Waals surface area contributed by atoms with Crippen molar-refractivity contribution < 1.29 is 0 Å². The summed E-state index contributed by atoms with van der Waals surface area (Å²) >= 11 is 3.46. The molecule has 1 N–H and O–H groups in total. The van der Waals surface area contributed by atoms with E-state index in [9.17, 15) is 0 Å². The van der Waals surface area contributed by atoms with Gasteiger partial charge < -0.3 is 5.32 Å². The van der Waals surface area contributed by atoms with Crippen molar-refractivity contribution in [2.24, 2.45) is 0 Å². The lowest BCUT2D eigenvalue weighted by Crippen LogP contribution is -2.20. The van der Waals surface area contributed by atoms with Crippen LogP contribution in [-0.4, -0.2) is 9.78 Å². The first-order valence-corrected chi connectivity index (χ1v) is 7.49. The first kappa shape index (κ1) is 14.3. The van der Waals surface area contributed by atoms with Gasteiger partial charge in [-0.15, -0.1) is 0 Å². The number of benzene rings is 1. The molecule has 0 saturated carbocycles. The van der Waals surface area contributed by atoms with Gasteiger partial charge in [-0.05, 0) is 37.1 Å². The molecule has 19 heavy (non-hydrogen) atoms. The van der Waals surface area contributed by atoms with Gasteiger partial charge in [0, 0.05) is 29.8 Å². The molecule has 0 fully saturated rings. The third-order valence-electron chi connectivity index (χ3n) is 3.20. The number of rotatable bonds is 6. The highest BCUT2D eigenvalue weighted by molar-refractivity contribution is 9.10. The molecule has 2 rings (SSSR count). The van der Waals surface area contributed by atoms with Gasteiger partial charge in [0.2, 0.25) is 0 Å². The second-order valence-electron chi connectivity index (χ2n) is 4.70. The monoisotopic (exact) mass is 321 g/mol. The Morgan fingerprint density at radius 3 is 2.68 bits per heavy atom. The number of halogens is 1. The summed E-state index contributed by atoms with van der Waals surface area (Å²) in [6.45, 7) is 6.18. The minimum atomic E-state index is 0.332. The molecule has 0 aliphatic heterocycles. The van der Waals surface area contributed by atoms with E-state index < -0.39 is 0 Å². The maximum Gasteiger partial charge on any atom is 0.0522 e. The van der Waals surface area contributed by atoms with Crippen molar-refractivity contribution >= 4 is 15.9 Å². The molecule has 0 saturated heterocycles. The van der Waals surface area contributed by atoms with Gasteiger partial charge in [-0.2, -0.15) is 5.10 Å². The van der Waals surface area contributed by atoms with Crippen LogP contribution in [0.15, 0.2) is 41.0 Å². The molecule has 0 aliphatic rings. The zero-order valence-electron chi connectivity index (χ0n) is 11.4. The van der Waals surface area contributed by atoms with Crippen LogP contribution in [0.4, 0.5) is 0 Å². The fourth-order valence-corrected chi connectivity index (χ4v) is 2.31. The molecule has 1 atom stereocenters. The molecular formula is C15H20BrN3. The fourth-order valence-electron chi connectivity index (χ4n) is 2.05. The summed E-state index contributed by atoms with van der Waals surface area (Å²) in [5.41, 5.74) is 2.54. The van der Waals surface area contributed by atoms with Gasteiger partial charge in [-0.25, -0.2) is 0 Å². The number of nitrogens with one attached hydrogen (secondary N) is 1. The quantitative estimate of drug-likeness (QED) is 0.874. The Balaban J connectivity index is 1.94. The molecule has 3 nitrogen and oxygen atoms in total. The van der Waals surface area contributed by atoms with Crippen LogP contribution >= 0.6 is 15.9 Å². The van der Waals surface area contributed by atoms with E-state index in [-0.39, 0.29) is 0 Å². The van der Waals surface area contributed by atoms with E-state index >= 15 is 0 Å². The summed E-state index contributed by atoms with van der Waals surface area (Å²) in [7, 11) is 0. The van der Waals surface area contributed by atoms with E-state index in [4.69, 9.17) is 0 Å². The maximum absolute atomic E-state index is 4.34. The third kappa shape index (κ3) is 3.91. The molecule has 1 aromatic carbocycles. The van der Waals surface area contributed by atoms with Crippen LogP contribution in [0.2, 0.25) is 0 Å². The summed E-state index contributed by atoms with van der Waals surface area (Å²) < 4.78 is 3.19. The van der Waals surface area contributed by atoms with Crippen molar-refractivity contribution in [3.05, 3.63) is 52.3 Å². The molecular weight excluding hydrogens is 302 g/mol. The lowest BCUT2D eigenvalue weighted by molar-refractivity contribution is 0.517. The number of aromatic nitrogens is 2. The highest BCUT2D eigenvalue weighted by atomic mass is 79.9. The predicted octanol–water partition coefficient (Wildman–Crippen LogP) is 3.91. The molecule has 2 aromatic rings. The Hall–Kier alpha value is -1.13. The van der Waals surface area contributed by atoms with Crippen LogP contribution in [0.25, 0.3) is 0 Å². The summed E-state index contributed by atoms with van der Waals surface area (Å²) in [4.78, 5) is 0. The molecule has 102 valence electrons. The Morgan fingerprint density at radius 2 is 2.00 bits per heavy atom. The van der Waals surface area contributed by atoms with Crippen molar-refractivity contribution in [3.8, 4) is 0 Å². The average molecular weight is 322 g/mol. The molecule has 0 amide bonds. The van der Waals surface area contributed by atoms with Crippen molar-refractivity contribution in [3.63, 3.8) is 0 Å². The Bertz CT molecular complexity index is 504. The lowest BCUT2D eigenvalue weighted by Gasteiger charge is -2.15. The fraction of sp³-hybridized carbons (Fsp3) is 0.400. The second kappa shape index (κ2) is 6.87. The van der Waals surface area contributed by atoms with Gasteiger partial charge in [0.05, 0.1) is 5.69 Å². The Morgan fingerprint density at radius 1 is 1.26 bits per heavy atom. The minimum absolute atomic E-state index is 0.332. The van der Waals surface area contributed by atoms with Gasteiger partial charge in [0.25, 0.3) is 0 Å². The first-order chi connectivity index (χ1) is 9.20. The molecule has 1 heterocycles. The van der Waals surface area contributed by atoms with E-state index in [0.29, 0.717) is 6.04 Å². The van der Waals surface area contributed by atoms with Crippen molar-refractivity contribution in [2.45, 2.75) is 39.4 Å². The van der Waals surface area contributed by atoms with Gasteiger partial charge in [0.1, 0.15) is 0 Å². The minimum Gasteiger partial charge on any atom is -0.305 e. The summed E-state index contributed by atoms with van der Waals surface area (Å²) in [5, 5.41) is 7.88. The van der Waals surface area contributed by atoms with E-state index in [1.165, 1.54) is 11.3 Å². The van der Waals surface area contributed by atoms with Gasteiger partial charge >= 0.3 is 0 Å². The molecule has 0 unspecified atom stereocenters. The average Bonchev–Trinajstić information content (AvgIpc) is 2.85. The molecule has 4 heteroatoms. The van der Waals surface area contributed by atoms with Gasteiger partial charge in [-0.3, -0.25) is 4.68 Å². The van der Waals surface area contributed by atoms with Crippen molar-refractivity contribution in [1.29, 1.82) is 0 Å². The molecule has 1 aromatic heterocycles. The first-order valence-electron chi connectivity index (χ1n) is 6.70. The predicted molar refractivity (Wildman–Crippen MR) is 81.9 cm³/mol. The second-order valence-corrected chi connectivity index (χ2v) is 5.62. The van der Waals surface area contributed by atoms with E-state index in [0.717, 1.165) is 24.0 Å². The number of aryl methyl sites for hydroxylation is 1. The molecule has 0 aliphatic carbocycles. The normalized spacial score (nSPS) is 12.6. The van der Waals surface area contributed by atoms with Crippen LogP contribution in [-0.2, 0) is 13.1 Å². The van der Waals surface area contributed by atoms with Crippen LogP contribution in [0.3, 0.4) is 0 Å². The standard InChI is InChI=1S/C15H20BrN3/c1-3-10-19-15(8-9-18-19)11-17-12(2)13-4-6-14(16)7-5-13/h4-9,12,17H,3,10-11H2,1-2H3/t12-/m1/s1. The zero-order valence-corrected chi connectivity index (χ0v) is 13.0. The van der Waals surface area contributed by atoms with Gasteiger partial charge in [0.15, 0.2) is 0 Å². The largest absolute Gasteiger partial charge is 0.305 e. The van der Waals surface area contributed by atoms with Crippen LogP contribution < -0.4 is 5.32 Å². The number of nitrogens with zero attached hydrogens (tertiary/aromatic N) is 2. The summed E-state index contributed by atoms with van der Waals surface area (Å²) in [6, 6.07) is 10.9. The zero-order chi connectivity index (χ0) is 13.7. The highest BCUT2D eigenvalue weighted by Gasteiger charge is 2.07. The topological polar surface area (TPSA) is 29.9 Å². The highest BCUT2D eigenvalue weighted by Crippen LogP contribution is 2.17. The van der Waals surface area contributed by atoms with Crippen LogP contribution in [0, 0.1) is 0 Å².